The van der Waals surface area contributed by atoms with Crippen molar-refractivity contribution in [2.45, 2.75) is 6.54 Å². The van der Waals surface area contributed by atoms with Crippen molar-refractivity contribution in [2.75, 3.05) is 7.11 Å². The van der Waals surface area contributed by atoms with Crippen molar-refractivity contribution in [3.8, 4) is 11.8 Å². The van der Waals surface area contributed by atoms with Gasteiger partial charge in [0.15, 0.2) is 0 Å². The van der Waals surface area contributed by atoms with Crippen molar-refractivity contribution in [1.29, 1.82) is 5.26 Å². The molecule has 7 nitrogen and oxygen atoms in total. The van der Waals surface area contributed by atoms with Crippen LogP contribution in [0.25, 0.3) is 0 Å². The van der Waals surface area contributed by atoms with Crippen LogP contribution < -0.4 is 4.74 Å². The van der Waals surface area contributed by atoms with E-state index < -0.39 is 4.92 Å². The molecule has 1 heterocycles. The van der Waals surface area contributed by atoms with Gasteiger partial charge < -0.3 is 9.30 Å². The van der Waals surface area contributed by atoms with E-state index in [2.05, 4.69) is 4.98 Å². The highest BCUT2D eigenvalue weighted by atomic mass is 16.6. The molecule has 0 radical (unpaired) electrons. The van der Waals surface area contributed by atoms with Gasteiger partial charge in [0.1, 0.15) is 11.8 Å². The van der Waals surface area contributed by atoms with E-state index in [9.17, 15) is 10.1 Å². The van der Waals surface area contributed by atoms with Gasteiger partial charge in [-0.3, -0.25) is 10.1 Å². The van der Waals surface area contributed by atoms with E-state index in [0.717, 1.165) is 0 Å². The molecule has 0 bridgehead atoms. The van der Waals surface area contributed by atoms with E-state index in [4.69, 9.17) is 10.00 Å². The van der Waals surface area contributed by atoms with Crippen molar-refractivity contribution in [3.63, 3.8) is 0 Å². The summed E-state index contributed by atoms with van der Waals surface area (Å²) in [5.74, 6) is 0.775. The molecule has 0 amide bonds. The van der Waals surface area contributed by atoms with Crippen LogP contribution in [0.5, 0.6) is 5.75 Å². The zero-order valence-corrected chi connectivity index (χ0v) is 10.1. The number of aromatic nitrogens is 2. The van der Waals surface area contributed by atoms with Crippen LogP contribution in [0.1, 0.15) is 11.4 Å². The Hall–Kier alpha value is -2.88. The fourth-order valence-electron chi connectivity index (χ4n) is 1.74. The van der Waals surface area contributed by atoms with Gasteiger partial charge in [-0.1, -0.05) is 0 Å². The number of nitro benzene ring substituents is 1. The van der Waals surface area contributed by atoms with Crippen molar-refractivity contribution >= 4 is 5.69 Å². The molecule has 0 atom stereocenters. The molecule has 19 heavy (non-hydrogen) atoms. The third-order valence-corrected chi connectivity index (χ3v) is 2.63. The second-order valence-corrected chi connectivity index (χ2v) is 3.74. The predicted molar refractivity (Wildman–Crippen MR) is 65.7 cm³/mol. The number of hydrogen-bond donors (Lipinski definition) is 0. The van der Waals surface area contributed by atoms with Gasteiger partial charge in [-0.2, -0.15) is 5.26 Å². The molecule has 1 aromatic heterocycles. The molecular weight excluding hydrogens is 248 g/mol. The van der Waals surface area contributed by atoms with Gasteiger partial charge >= 0.3 is 0 Å². The maximum atomic E-state index is 10.8. The monoisotopic (exact) mass is 258 g/mol. The van der Waals surface area contributed by atoms with Crippen molar-refractivity contribution in [2.24, 2.45) is 0 Å². The summed E-state index contributed by atoms with van der Waals surface area (Å²) < 4.78 is 6.76. The summed E-state index contributed by atoms with van der Waals surface area (Å²) in [6.45, 7) is 0.285. The molecule has 0 unspecified atom stereocenters. The van der Waals surface area contributed by atoms with E-state index in [1.54, 1.807) is 10.8 Å². The van der Waals surface area contributed by atoms with Crippen molar-refractivity contribution in [3.05, 3.63) is 52.1 Å². The summed E-state index contributed by atoms with van der Waals surface area (Å²) in [7, 11) is 1.49. The van der Waals surface area contributed by atoms with Gasteiger partial charge in [-0.25, -0.2) is 4.98 Å². The summed E-state index contributed by atoms with van der Waals surface area (Å²) >= 11 is 0. The molecule has 0 fully saturated rings. The van der Waals surface area contributed by atoms with E-state index in [1.165, 1.54) is 31.5 Å². The number of ether oxygens (including phenoxy) is 1. The number of benzene rings is 1. The number of imidazole rings is 1. The van der Waals surface area contributed by atoms with Gasteiger partial charge in [-0.15, -0.1) is 0 Å². The SMILES string of the molecule is COc1ccc([N+](=O)[O-])cc1Cn1ccnc1C#N. The largest absolute Gasteiger partial charge is 0.496 e. The minimum atomic E-state index is -0.470. The molecule has 0 aliphatic carbocycles. The number of rotatable bonds is 4. The summed E-state index contributed by atoms with van der Waals surface area (Å²) in [5.41, 5.74) is 0.598. The number of non-ortho nitro benzene ring substituents is 1. The normalized spacial score (nSPS) is 9.89. The maximum Gasteiger partial charge on any atom is 0.270 e. The van der Waals surface area contributed by atoms with Crippen LogP contribution in [0.3, 0.4) is 0 Å². The highest BCUT2D eigenvalue weighted by Crippen LogP contribution is 2.25. The Balaban J connectivity index is 2.41. The van der Waals surface area contributed by atoms with Crippen LogP contribution in [0.2, 0.25) is 0 Å². The second kappa shape index (κ2) is 5.18. The average Bonchev–Trinajstić information content (AvgIpc) is 2.85. The smallest absolute Gasteiger partial charge is 0.270 e. The minimum absolute atomic E-state index is 0.0191. The third kappa shape index (κ3) is 2.52. The average molecular weight is 258 g/mol. The molecule has 0 aliphatic heterocycles. The summed E-state index contributed by atoms with van der Waals surface area (Å²) in [6, 6.07) is 6.29. The summed E-state index contributed by atoms with van der Waals surface area (Å²) in [4.78, 5) is 14.2. The topological polar surface area (TPSA) is 94.0 Å². The van der Waals surface area contributed by atoms with Gasteiger partial charge in [0, 0.05) is 30.1 Å². The number of hydrogen-bond acceptors (Lipinski definition) is 5. The lowest BCUT2D eigenvalue weighted by Crippen LogP contribution is -2.04. The first-order valence-electron chi connectivity index (χ1n) is 5.38. The Morgan fingerprint density at radius 3 is 3.00 bits per heavy atom. The minimum Gasteiger partial charge on any atom is -0.496 e. The van der Waals surface area contributed by atoms with Crippen molar-refractivity contribution in [1.82, 2.24) is 9.55 Å². The molecule has 0 N–H and O–H groups in total. The zero-order valence-electron chi connectivity index (χ0n) is 10.1. The first-order valence-corrected chi connectivity index (χ1v) is 5.38. The Morgan fingerprint density at radius 1 is 1.58 bits per heavy atom. The molecule has 2 aromatic rings. The Kier molecular flexibility index (Phi) is 3.43. The quantitative estimate of drug-likeness (QED) is 0.614. The van der Waals surface area contributed by atoms with Crippen molar-refractivity contribution < 1.29 is 9.66 Å². The molecule has 96 valence electrons. The Bertz CT molecular complexity index is 657. The van der Waals surface area contributed by atoms with Gasteiger partial charge in [0.05, 0.1) is 18.6 Å². The number of nitriles is 1. The fourth-order valence-corrected chi connectivity index (χ4v) is 1.74. The van der Waals surface area contributed by atoms with E-state index in [-0.39, 0.29) is 18.1 Å². The van der Waals surface area contributed by atoms with Gasteiger partial charge in [0.2, 0.25) is 5.82 Å². The zero-order chi connectivity index (χ0) is 13.8. The van der Waals surface area contributed by atoms with E-state index in [1.807, 2.05) is 6.07 Å². The van der Waals surface area contributed by atoms with Crippen LogP contribution in [-0.4, -0.2) is 21.6 Å². The molecule has 2 rings (SSSR count). The standard InChI is InChI=1S/C12H10N4O3/c1-19-11-3-2-10(16(17)18)6-9(11)8-15-5-4-14-12(15)7-13/h2-6H,8H2,1H3. The van der Waals surface area contributed by atoms with Crippen LogP contribution in [0.4, 0.5) is 5.69 Å². The molecule has 0 aliphatic rings. The van der Waals surface area contributed by atoms with Crippen LogP contribution in [0.15, 0.2) is 30.6 Å². The first kappa shape index (κ1) is 12.6. The molecule has 7 heteroatoms. The van der Waals surface area contributed by atoms with Gasteiger partial charge in [0.25, 0.3) is 5.69 Å². The number of nitro groups is 1. The Labute approximate surface area is 108 Å². The summed E-state index contributed by atoms with van der Waals surface area (Å²) in [5, 5.41) is 19.7. The van der Waals surface area contributed by atoms with E-state index >= 15 is 0 Å². The lowest BCUT2D eigenvalue weighted by Gasteiger charge is -2.09. The maximum absolute atomic E-state index is 10.8. The van der Waals surface area contributed by atoms with Crippen LogP contribution in [0, 0.1) is 21.4 Å². The summed E-state index contributed by atoms with van der Waals surface area (Å²) in [6.07, 6.45) is 3.14. The molecule has 0 saturated heterocycles. The number of methoxy groups -OCH3 is 1. The predicted octanol–water partition coefficient (Wildman–Crippen LogP) is 1.72. The molecule has 0 saturated carbocycles. The van der Waals surface area contributed by atoms with Crippen LogP contribution >= 0.6 is 0 Å². The van der Waals surface area contributed by atoms with Gasteiger partial charge in [-0.05, 0) is 6.07 Å². The lowest BCUT2D eigenvalue weighted by atomic mass is 10.1. The molecular formula is C12H10N4O3. The first-order chi connectivity index (χ1) is 9.15. The fraction of sp³-hybridized carbons (Fsp3) is 0.167. The second-order valence-electron chi connectivity index (χ2n) is 3.74. The highest BCUT2D eigenvalue weighted by molar-refractivity contribution is 5.44. The lowest BCUT2D eigenvalue weighted by molar-refractivity contribution is -0.384. The molecule has 0 spiro atoms. The highest BCUT2D eigenvalue weighted by Gasteiger charge is 2.13. The van der Waals surface area contributed by atoms with Crippen LogP contribution in [-0.2, 0) is 6.54 Å². The number of nitrogens with zero attached hydrogens (tertiary/aromatic N) is 4. The molecule has 1 aromatic carbocycles. The van der Waals surface area contributed by atoms with E-state index in [0.29, 0.717) is 11.3 Å². The third-order valence-electron chi connectivity index (χ3n) is 2.63. The Morgan fingerprint density at radius 2 is 2.37 bits per heavy atom.